The number of rotatable bonds is 6. The maximum atomic E-state index is 12.5. The monoisotopic (exact) mass is 290 g/mol. The molecule has 0 spiro atoms. The fourth-order valence-electron chi connectivity index (χ4n) is 1.77. The maximum Gasteiger partial charge on any atom is 0.406 e. The van der Waals surface area contributed by atoms with Crippen molar-refractivity contribution in [2.75, 3.05) is 31.6 Å². The number of hydrogen-bond donors (Lipinski definition) is 2. The first-order valence-corrected chi connectivity index (χ1v) is 6.18. The molecule has 4 nitrogen and oxygen atoms in total. The molecule has 1 rings (SSSR count). The molecule has 0 saturated carbocycles. The second kappa shape index (κ2) is 7.14. The zero-order valence-corrected chi connectivity index (χ0v) is 11.1. The van der Waals surface area contributed by atoms with E-state index in [-0.39, 0.29) is 12.1 Å². The largest absolute Gasteiger partial charge is 0.406 e. The van der Waals surface area contributed by atoms with Gasteiger partial charge in [-0.05, 0) is 19.1 Å². The van der Waals surface area contributed by atoms with Gasteiger partial charge in [-0.3, -0.25) is 4.79 Å². The lowest BCUT2D eigenvalue weighted by Gasteiger charge is -2.24. The van der Waals surface area contributed by atoms with Gasteiger partial charge >= 0.3 is 6.18 Å². The topological polar surface area (TPSA) is 52.6 Å². The molecule has 2 N–H and O–H groups in total. The van der Waals surface area contributed by atoms with Crippen molar-refractivity contribution in [2.45, 2.75) is 13.1 Å². The highest BCUT2D eigenvalue weighted by molar-refractivity contribution is 5.99. The number of benzene rings is 1. The average Bonchev–Trinajstić information content (AvgIpc) is 2.37. The van der Waals surface area contributed by atoms with Crippen molar-refractivity contribution in [1.82, 2.24) is 4.90 Å². The van der Waals surface area contributed by atoms with Crippen LogP contribution in [-0.2, 0) is 0 Å². The average molecular weight is 290 g/mol. The minimum absolute atomic E-state index is 0.159. The Kier molecular flexibility index (Phi) is 5.82. The minimum atomic E-state index is -4.50. The van der Waals surface area contributed by atoms with E-state index in [4.69, 9.17) is 5.11 Å². The second-order valence-corrected chi connectivity index (χ2v) is 4.14. The summed E-state index contributed by atoms with van der Waals surface area (Å²) in [7, 11) is 0. The molecule has 0 aromatic heterocycles. The van der Waals surface area contributed by atoms with Crippen LogP contribution in [0.2, 0.25) is 0 Å². The van der Waals surface area contributed by atoms with E-state index in [1.807, 2.05) is 6.92 Å². The molecule has 0 unspecified atom stereocenters. The molecule has 0 radical (unpaired) electrons. The van der Waals surface area contributed by atoms with Crippen LogP contribution >= 0.6 is 0 Å². The summed E-state index contributed by atoms with van der Waals surface area (Å²) in [5.74, 6) is -0.757. The van der Waals surface area contributed by atoms with Gasteiger partial charge < -0.3 is 15.3 Å². The van der Waals surface area contributed by atoms with Gasteiger partial charge in [-0.1, -0.05) is 12.1 Å². The lowest BCUT2D eigenvalue weighted by atomic mass is 10.1. The summed E-state index contributed by atoms with van der Waals surface area (Å²) in [6.45, 7) is 0.100. The number of halogens is 3. The SMILES string of the molecule is CCNc1ccccc1C(=O)N(CCO)CC(F)(F)F. The van der Waals surface area contributed by atoms with Gasteiger partial charge in [-0.2, -0.15) is 13.2 Å². The predicted molar refractivity (Wildman–Crippen MR) is 69.7 cm³/mol. The molecule has 7 heteroatoms. The quantitative estimate of drug-likeness (QED) is 0.843. The van der Waals surface area contributed by atoms with Crippen molar-refractivity contribution in [3.05, 3.63) is 29.8 Å². The van der Waals surface area contributed by atoms with Crippen molar-refractivity contribution in [3.63, 3.8) is 0 Å². The molecule has 0 saturated heterocycles. The third kappa shape index (κ3) is 4.73. The van der Waals surface area contributed by atoms with E-state index in [0.29, 0.717) is 17.1 Å². The molecule has 112 valence electrons. The van der Waals surface area contributed by atoms with Crippen LogP contribution in [0.3, 0.4) is 0 Å². The van der Waals surface area contributed by atoms with Gasteiger partial charge in [0.15, 0.2) is 0 Å². The van der Waals surface area contributed by atoms with Gasteiger partial charge in [0.05, 0.1) is 12.2 Å². The first-order valence-electron chi connectivity index (χ1n) is 6.18. The molecule has 0 atom stereocenters. The number of anilines is 1. The number of nitrogens with zero attached hydrogens (tertiary/aromatic N) is 1. The minimum Gasteiger partial charge on any atom is -0.395 e. The third-order valence-electron chi connectivity index (χ3n) is 2.55. The summed E-state index contributed by atoms with van der Waals surface area (Å²) < 4.78 is 37.4. The van der Waals surface area contributed by atoms with Gasteiger partial charge in [-0.25, -0.2) is 0 Å². The van der Waals surface area contributed by atoms with Crippen LogP contribution in [0.25, 0.3) is 0 Å². The Bertz CT molecular complexity index is 449. The molecule has 1 amide bonds. The molecule has 0 aliphatic carbocycles. The van der Waals surface area contributed by atoms with E-state index >= 15 is 0 Å². The molecule has 0 bridgehead atoms. The summed E-state index contributed by atoms with van der Waals surface area (Å²) in [6.07, 6.45) is -4.50. The van der Waals surface area contributed by atoms with Gasteiger partial charge in [0, 0.05) is 18.8 Å². The molecule has 0 aliphatic rings. The van der Waals surface area contributed by atoms with E-state index < -0.39 is 25.2 Å². The first-order chi connectivity index (χ1) is 9.39. The van der Waals surface area contributed by atoms with Gasteiger partial charge in [0.1, 0.15) is 6.54 Å². The number of nitrogens with one attached hydrogen (secondary N) is 1. The lowest BCUT2D eigenvalue weighted by molar-refractivity contribution is -0.141. The molecule has 1 aromatic rings. The molecule has 20 heavy (non-hydrogen) atoms. The van der Waals surface area contributed by atoms with Crippen LogP contribution in [0.5, 0.6) is 0 Å². The lowest BCUT2D eigenvalue weighted by Crippen LogP contribution is -2.40. The number of hydrogen-bond acceptors (Lipinski definition) is 3. The van der Waals surface area contributed by atoms with E-state index in [9.17, 15) is 18.0 Å². The van der Waals surface area contributed by atoms with Gasteiger partial charge in [-0.15, -0.1) is 0 Å². The molecular formula is C13H17F3N2O2. The smallest absolute Gasteiger partial charge is 0.395 e. The maximum absolute atomic E-state index is 12.5. The van der Waals surface area contributed by atoms with E-state index in [1.54, 1.807) is 18.2 Å². The van der Waals surface area contributed by atoms with Gasteiger partial charge in [0.2, 0.25) is 0 Å². The summed E-state index contributed by atoms with van der Waals surface area (Å²) in [5, 5.41) is 11.8. The Hall–Kier alpha value is -1.76. The molecule has 1 aromatic carbocycles. The standard InChI is InChI=1S/C13H17F3N2O2/c1-2-17-11-6-4-3-5-10(11)12(20)18(7-8-19)9-13(14,15)16/h3-6,17,19H,2,7-9H2,1H3. The highest BCUT2D eigenvalue weighted by Gasteiger charge is 2.33. The molecule has 0 aliphatic heterocycles. The van der Waals surface area contributed by atoms with Crippen LogP contribution in [0, 0.1) is 0 Å². The van der Waals surface area contributed by atoms with Crippen LogP contribution in [0.15, 0.2) is 24.3 Å². The number of para-hydroxylation sites is 1. The highest BCUT2D eigenvalue weighted by atomic mass is 19.4. The number of alkyl halides is 3. The van der Waals surface area contributed by atoms with Crippen LogP contribution in [-0.4, -0.2) is 48.3 Å². The highest BCUT2D eigenvalue weighted by Crippen LogP contribution is 2.21. The number of aliphatic hydroxyl groups is 1. The first kappa shape index (κ1) is 16.3. The van der Waals surface area contributed by atoms with Crippen molar-refractivity contribution in [3.8, 4) is 0 Å². The van der Waals surface area contributed by atoms with Crippen molar-refractivity contribution in [2.24, 2.45) is 0 Å². The molecule has 0 fully saturated rings. The number of carbonyl (C=O) groups excluding carboxylic acids is 1. The summed E-state index contributed by atoms with van der Waals surface area (Å²) in [5.41, 5.74) is 0.636. The molecular weight excluding hydrogens is 273 g/mol. The van der Waals surface area contributed by atoms with Crippen LogP contribution in [0.1, 0.15) is 17.3 Å². The number of carbonyl (C=O) groups is 1. The summed E-state index contributed by atoms with van der Waals surface area (Å²) in [6, 6.07) is 6.36. The predicted octanol–water partition coefficient (Wildman–Crippen LogP) is 2.12. The normalized spacial score (nSPS) is 11.2. The Labute approximate surface area is 115 Å². The van der Waals surface area contributed by atoms with Crippen LogP contribution in [0.4, 0.5) is 18.9 Å². The van der Waals surface area contributed by atoms with Gasteiger partial charge in [0.25, 0.3) is 5.91 Å². The zero-order chi connectivity index (χ0) is 15.2. The van der Waals surface area contributed by atoms with Crippen molar-refractivity contribution in [1.29, 1.82) is 0 Å². The van der Waals surface area contributed by atoms with Crippen molar-refractivity contribution >= 4 is 11.6 Å². The molecule has 0 heterocycles. The third-order valence-corrected chi connectivity index (χ3v) is 2.55. The Morgan fingerprint density at radius 2 is 2.00 bits per heavy atom. The Morgan fingerprint density at radius 1 is 1.35 bits per heavy atom. The van der Waals surface area contributed by atoms with E-state index in [1.165, 1.54) is 6.07 Å². The van der Waals surface area contributed by atoms with E-state index in [2.05, 4.69) is 5.32 Å². The van der Waals surface area contributed by atoms with E-state index in [0.717, 1.165) is 0 Å². The Balaban J connectivity index is 3.00. The fourth-order valence-corrected chi connectivity index (χ4v) is 1.77. The number of amides is 1. The number of aliphatic hydroxyl groups excluding tert-OH is 1. The summed E-state index contributed by atoms with van der Waals surface area (Å²) >= 11 is 0. The van der Waals surface area contributed by atoms with Crippen LogP contribution < -0.4 is 5.32 Å². The second-order valence-electron chi connectivity index (χ2n) is 4.14. The summed E-state index contributed by atoms with van der Waals surface area (Å²) in [4.78, 5) is 12.8. The van der Waals surface area contributed by atoms with Crippen molar-refractivity contribution < 1.29 is 23.1 Å². The Morgan fingerprint density at radius 3 is 2.55 bits per heavy atom. The fraction of sp³-hybridized carbons (Fsp3) is 0.462. The zero-order valence-electron chi connectivity index (χ0n) is 11.1.